The molecule has 0 aliphatic rings. The minimum Gasteiger partial charge on any atom is -0.191 e. The van der Waals surface area contributed by atoms with Gasteiger partial charge in [-0.15, -0.1) is 5.10 Å². The fraction of sp³-hybridized carbons (Fsp3) is 0.286. The molecule has 0 saturated heterocycles. The molecule has 0 spiro atoms. The Morgan fingerprint density at radius 1 is 1.40 bits per heavy atom. The quantitative estimate of drug-likeness (QED) is 0.529. The molecule has 10 heavy (non-hydrogen) atoms. The molecule has 0 atom stereocenters. The highest BCUT2D eigenvalue weighted by molar-refractivity contribution is 5.25. The molecule has 1 aromatic heterocycles. The van der Waals surface area contributed by atoms with Gasteiger partial charge < -0.3 is 0 Å². The van der Waals surface area contributed by atoms with Crippen LogP contribution in [0.1, 0.15) is 17.0 Å². The lowest BCUT2D eigenvalue weighted by Crippen LogP contribution is -1.92. The molecular weight excluding hydrogens is 126 g/mol. The van der Waals surface area contributed by atoms with Crippen molar-refractivity contribution in [2.75, 3.05) is 0 Å². The Morgan fingerprint density at radius 3 is 2.60 bits per heavy atom. The molecule has 1 heterocycles. The Morgan fingerprint density at radius 2 is 2.10 bits per heavy atom. The molecule has 1 aromatic rings. The lowest BCUT2D eigenvalue weighted by molar-refractivity contribution is 0.945. The summed E-state index contributed by atoms with van der Waals surface area (Å²) in [5.41, 5.74) is 2.26. The van der Waals surface area contributed by atoms with Gasteiger partial charge in [-0.25, -0.2) is 0 Å². The maximum Gasteiger partial charge on any atom is 0.163 e. The smallest absolute Gasteiger partial charge is 0.163 e. The van der Waals surface area contributed by atoms with E-state index in [-0.39, 0.29) is 0 Å². The molecule has 0 saturated carbocycles. The summed E-state index contributed by atoms with van der Waals surface area (Å²) < 4.78 is 0. The molecule has 1 rings (SSSR count). The third-order valence-electron chi connectivity index (χ3n) is 1.35. The van der Waals surface area contributed by atoms with Crippen molar-refractivity contribution in [2.45, 2.75) is 13.8 Å². The van der Waals surface area contributed by atoms with Crippen LogP contribution < -0.4 is 0 Å². The van der Waals surface area contributed by atoms with E-state index in [1.54, 1.807) is 6.07 Å². The molecule has 3 nitrogen and oxygen atoms in total. The first-order chi connectivity index (χ1) is 4.74. The standard InChI is InChI=1S/C7H7N3/c1-5-3-7(4-8)10-9-6(5)2/h3H,1-2H3. The van der Waals surface area contributed by atoms with E-state index in [2.05, 4.69) is 10.2 Å². The summed E-state index contributed by atoms with van der Waals surface area (Å²) in [5.74, 6) is 0. The Balaban J connectivity index is 3.20. The molecule has 0 bridgehead atoms. The van der Waals surface area contributed by atoms with Gasteiger partial charge in [-0.2, -0.15) is 10.4 Å². The zero-order valence-electron chi connectivity index (χ0n) is 5.92. The third-order valence-corrected chi connectivity index (χ3v) is 1.35. The van der Waals surface area contributed by atoms with Crippen LogP contribution in [0, 0.1) is 25.2 Å². The summed E-state index contributed by atoms with van der Waals surface area (Å²) in [4.78, 5) is 0. The van der Waals surface area contributed by atoms with Gasteiger partial charge in [0, 0.05) is 0 Å². The number of aryl methyl sites for hydroxylation is 2. The topological polar surface area (TPSA) is 49.6 Å². The van der Waals surface area contributed by atoms with Gasteiger partial charge in [0.25, 0.3) is 0 Å². The van der Waals surface area contributed by atoms with E-state index >= 15 is 0 Å². The highest BCUT2D eigenvalue weighted by atomic mass is 15.1. The second-order valence-corrected chi connectivity index (χ2v) is 2.11. The first kappa shape index (κ1) is 6.69. The van der Waals surface area contributed by atoms with E-state index < -0.39 is 0 Å². The molecule has 0 radical (unpaired) electrons. The predicted octanol–water partition coefficient (Wildman–Crippen LogP) is 0.965. The number of nitriles is 1. The van der Waals surface area contributed by atoms with Crippen molar-refractivity contribution < 1.29 is 0 Å². The van der Waals surface area contributed by atoms with Gasteiger partial charge >= 0.3 is 0 Å². The summed E-state index contributed by atoms with van der Waals surface area (Å²) in [7, 11) is 0. The molecule has 0 amide bonds. The predicted molar refractivity (Wildman–Crippen MR) is 36.2 cm³/mol. The normalized spacial score (nSPS) is 8.90. The third kappa shape index (κ3) is 1.11. The van der Waals surface area contributed by atoms with Crippen LogP contribution in [0.4, 0.5) is 0 Å². The SMILES string of the molecule is Cc1cc(C#N)nnc1C. The molecule has 3 heteroatoms. The second kappa shape index (κ2) is 2.44. The number of hydrogen-bond acceptors (Lipinski definition) is 3. The van der Waals surface area contributed by atoms with Crippen molar-refractivity contribution in [3.8, 4) is 6.07 Å². The Bertz CT molecular complexity index is 285. The van der Waals surface area contributed by atoms with E-state index in [0.717, 1.165) is 11.3 Å². The summed E-state index contributed by atoms with van der Waals surface area (Å²) in [6.45, 7) is 3.77. The van der Waals surface area contributed by atoms with Crippen molar-refractivity contribution >= 4 is 0 Å². The average molecular weight is 133 g/mol. The maximum atomic E-state index is 8.40. The van der Waals surface area contributed by atoms with Crippen molar-refractivity contribution in [3.05, 3.63) is 23.0 Å². The lowest BCUT2D eigenvalue weighted by Gasteiger charge is -1.94. The van der Waals surface area contributed by atoms with Crippen LogP contribution in [0.5, 0.6) is 0 Å². The number of hydrogen-bond donors (Lipinski definition) is 0. The van der Waals surface area contributed by atoms with E-state index in [4.69, 9.17) is 5.26 Å². The van der Waals surface area contributed by atoms with Crippen molar-refractivity contribution in [3.63, 3.8) is 0 Å². The minimum absolute atomic E-state index is 0.378. The van der Waals surface area contributed by atoms with Crippen LogP contribution in [-0.4, -0.2) is 10.2 Å². The molecule has 0 aliphatic heterocycles. The monoisotopic (exact) mass is 133 g/mol. The first-order valence-electron chi connectivity index (χ1n) is 2.95. The minimum atomic E-state index is 0.378. The van der Waals surface area contributed by atoms with Crippen molar-refractivity contribution in [1.82, 2.24) is 10.2 Å². The Labute approximate surface area is 59.3 Å². The fourth-order valence-corrected chi connectivity index (χ4v) is 0.601. The number of rotatable bonds is 0. The highest BCUT2D eigenvalue weighted by Gasteiger charge is 1.95. The molecule has 0 unspecified atom stereocenters. The molecule has 0 aromatic carbocycles. The summed E-state index contributed by atoms with van der Waals surface area (Å²) in [6.07, 6.45) is 0. The van der Waals surface area contributed by atoms with Gasteiger partial charge in [0.05, 0.1) is 5.69 Å². The van der Waals surface area contributed by atoms with Gasteiger partial charge in [-0.1, -0.05) is 0 Å². The van der Waals surface area contributed by atoms with E-state index in [1.807, 2.05) is 19.9 Å². The van der Waals surface area contributed by atoms with Gasteiger partial charge in [-0.05, 0) is 25.5 Å². The fourth-order valence-electron chi connectivity index (χ4n) is 0.601. The van der Waals surface area contributed by atoms with Crippen LogP contribution in [0.15, 0.2) is 6.07 Å². The van der Waals surface area contributed by atoms with Gasteiger partial charge in [0.2, 0.25) is 0 Å². The molecule has 0 fully saturated rings. The van der Waals surface area contributed by atoms with E-state index in [9.17, 15) is 0 Å². The first-order valence-corrected chi connectivity index (χ1v) is 2.95. The lowest BCUT2D eigenvalue weighted by atomic mass is 10.2. The van der Waals surface area contributed by atoms with Gasteiger partial charge in [-0.3, -0.25) is 0 Å². The average Bonchev–Trinajstić information content (AvgIpc) is 1.95. The van der Waals surface area contributed by atoms with Gasteiger partial charge in [0.1, 0.15) is 6.07 Å². The highest BCUT2D eigenvalue weighted by Crippen LogP contribution is 2.01. The second-order valence-electron chi connectivity index (χ2n) is 2.11. The number of nitrogens with zero attached hydrogens (tertiary/aromatic N) is 3. The van der Waals surface area contributed by atoms with E-state index in [1.165, 1.54) is 0 Å². The van der Waals surface area contributed by atoms with Gasteiger partial charge in [0.15, 0.2) is 5.69 Å². The molecule has 0 aliphatic carbocycles. The Kier molecular flexibility index (Phi) is 1.63. The van der Waals surface area contributed by atoms with Crippen LogP contribution in [0.25, 0.3) is 0 Å². The zero-order chi connectivity index (χ0) is 7.56. The number of aromatic nitrogens is 2. The summed E-state index contributed by atoms with van der Waals surface area (Å²) >= 11 is 0. The van der Waals surface area contributed by atoms with Crippen molar-refractivity contribution in [1.29, 1.82) is 5.26 Å². The van der Waals surface area contributed by atoms with Crippen molar-refractivity contribution in [2.24, 2.45) is 0 Å². The molecule has 0 N–H and O–H groups in total. The van der Waals surface area contributed by atoms with Crippen LogP contribution in [0.3, 0.4) is 0 Å². The largest absolute Gasteiger partial charge is 0.191 e. The van der Waals surface area contributed by atoms with Crippen LogP contribution in [-0.2, 0) is 0 Å². The maximum absolute atomic E-state index is 8.40. The summed E-state index contributed by atoms with van der Waals surface area (Å²) in [6, 6.07) is 3.65. The molecular formula is C7H7N3. The zero-order valence-corrected chi connectivity index (χ0v) is 5.92. The summed E-state index contributed by atoms with van der Waals surface area (Å²) in [5, 5.41) is 15.8. The van der Waals surface area contributed by atoms with Crippen LogP contribution in [0.2, 0.25) is 0 Å². The molecule has 50 valence electrons. The Hall–Kier alpha value is -1.43. The van der Waals surface area contributed by atoms with E-state index in [0.29, 0.717) is 5.69 Å². The van der Waals surface area contributed by atoms with Crippen LogP contribution >= 0.6 is 0 Å².